The van der Waals surface area contributed by atoms with E-state index in [0.717, 1.165) is 0 Å². The van der Waals surface area contributed by atoms with Crippen molar-refractivity contribution in [3.05, 3.63) is 24.3 Å². The lowest BCUT2D eigenvalue weighted by Gasteiger charge is -2.40. The second-order valence-electron chi connectivity index (χ2n) is 6.68. The van der Waals surface area contributed by atoms with Crippen LogP contribution in [0.1, 0.15) is 20.3 Å². The molecule has 1 saturated heterocycles. The number of hydrogen-bond acceptors (Lipinski definition) is 10. The molecule has 0 amide bonds. The van der Waals surface area contributed by atoms with Crippen LogP contribution in [-0.2, 0) is 14.3 Å². The standard InChI is InChI=1S/C18H26O10/c1-3-18(25,9(2)19)17(24)26-8-12-13(21)14(22)15(23)16(28-12)27-11-6-4-10(20)5-7-11/h4-7,9,12-16,19-23,25H,3,8H2,1-2H3/t9?,12-,13-,14+,15-,16-,18?/m1/s1. The van der Waals surface area contributed by atoms with Gasteiger partial charge in [-0.3, -0.25) is 0 Å². The fraction of sp³-hybridized carbons (Fsp3) is 0.611. The molecule has 1 heterocycles. The summed E-state index contributed by atoms with van der Waals surface area (Å²) >= 11 is 0. The lowest BCUT2D eigenvalue weighted by molar-refractivity contribution is -0.279. The van der Waals surface area contributed by atoms with Gasteiger partial charge in [-0.2, -0.15) is 0 Å². The first-order valence-corrected chi connectivity index (χ1v) is 8.83. The van der Waals surface area contributed by atoms with E-state index in [1.54, 1.807) is 0 Å². The fourth-order valence-electron chi connectivity index (χ4n) is 2.70. The first-order valence-electron chi connectivity index (χ1n) is 8.83. The SMILES string of the molecule is CCC(O)(C(=O)OC[C@H]1O[C@@H](Oc2ccc(O)cc2)[C@H](O)[C@@H](O)[C@@H]1O)C(C)O. The van der Waals surface area contributed by atoms with Gasteiger partial charge in [0.25, 0.3) is 0 Å². The molecule has 2 rings (SSSR count). The molecule has 1 aromatic rings. The minimum absolute atomic E-state index is 0.000713. The summed E-state index contributed by atoms with van der Waals surface area (Å²) in [6.07, 6.45) is -9.00. The first kappa shape index (κ1) is 22.3. The second-order valence-corrected chi connectivity index (χ2v) is 6.68. The molecule has 0 saturated carbocycles. The third kappa shape index (κ3) is 4.72. The molecule has 10 nitrogen and oxygen atoms in total. The maximum absolute atomic E-state index is 12.1. The zero-order valence-corrected chi connectivity index (χ0v) is 15.5. The topological polar surface area (TPSA) is 166 Å². The second kappa shape index (κ2) is 9.03. The third-order valence-electron chi connectivity index (χ3n) is 4.72. The first-order chi connectivity index (χ1) is 13.1. The largest absolute Gasteiger partial charge is 0.508 e. The predicted molar refractivity (Wildman–Crippen MR) is 93.3 cm³/mol. The normalized spacial score (nSPS) is 30.9. The van der Waals surface area contributed by atoms with E-state index in [0.29, 0.717) is 0 Å². The van der Waals surface area contributed by atoms with E-state index in [4.69, 9.17) is 14.2 Å². The number of rotatable bonds is 7. The molecule has 158 valence electrons. The Labute approximate surface area is 161 Å². The lowest BCUT2D eigenvalue weighted by atomic mass is 9.95. The van der Waals surface area contributed by atoms with Crippen molar-refractivity contribution in [2.24, 2.45) is 0 Å². The molecule has 1 fully saturated rings. The Kier molecular flexibility index (Phi) is 7.21. The maximum atomic E-state index is 12.1. The number of phenols is 1. The van der Waals surface area contributed by atoms with Gasteiger partial charge < -0.3 is 44.8 Å². The number of benzene rings is 1. The van der Waals surface area contributed by atoms with Crippen LogP contribution in [0.25, 0.3) is 0 Å². The number of hydrogen-bond donors (Lipinski definition) is 6. The van der Waals surface area contributed by atoms with Crippen LogP contribution in [0.5, 0.6) is 11.5 Å². The fourth-order valence-corrected chi connectivity index (χ4v) is 2.70. The quantitative estimate of drug-likeness (QED) is 0.300. The molecule has 0 radical (unpaired) electrons. The lowest BCUT2D eigenvalue weighted by Crippen LogP contribution is -2.60. The molecular weight excluding hydrogens is 376 g/mol. The van der Waals surface area contributed by atoms with Gasteiger partial charge in [0.05, 0.1) is 6.10 Å². The van der Waals surface area contributed by atoms with Gasteiger partial charge in [0.15, 0.2) is 5.60 Å². The van der Waals surface area contributed by atoms with Gasteiger partial charge in [-0.1, -0.05) is 6.92 Å². The summed E-state index contributed by atoms with van der Waals surface area (Å²) in [5, 5.41) is 59.2. The molecule has 1 aliphatic rings. The summed E-state index contributed by atoms with van der Waals surface area (Å²) in [5.41, 5.74) is -2.13. The number of esters is 1. The molecule has 1 aliphatic heterocycles. The van der Waals surface area contributed by atoms with Crippen LogP contribution in [-0.4, -0.2) is 85.6 Å². The van der Waals surface area contributed by atoms with Crippen molar-refractivity contribution in [3.63, 3.8) is 0 Å². The summed E-state index contributed by atoms with van der Waals surface area (Å²) in [5.74, 6) is -0.896. The summed E-state index contributed by atoms with van der Waals surface area (Å²) < 4.78 is 15.8. The number of aliphatic hydroxyl groups is 5. The summed E-state index contributed by atoms with van der Waals surface area (Å²) in [4.78, 5) is 12.1. The van der Waals surface area contributed by atoms with Crippen molar-refractivity contribution in [2.45, 2.75) is 62.7 Å². The van der Waals surface area contributed by atoms with Crippen LogP contribution in [0.3, 0.4) is 0 Å². The number of aromatic hydroxyl groups is 1. The summed E-state index contributed by atoms with van der Waals surface area (Å²) in [6.45, 7) is 2.16. The Morgan fingerprint density at radius 1 is 1.18 bits per heavy atom. The van der Waals surface area contributed by atoms with Crippen molar-refractivity contribution in [3.8, 4) is 11.5 Å². The minimum atomic E-state index is -2.13. The Balaban J connectivity index is 2.05. The van der Waals surface area contributed by atoms with Gasteiger partial charge in [0.2, 0.25) is 6.29 Å². The van der Waals surface area contributed by atoms with Crippen molar-refractivity contribution in [2.75, 3.05) is 6.61 Å². The van der Waals surface area contributed by atoms with E-state index in [1.807, 2.05) is 0 Å². The van der Waals surface area contributed by atoms with Crippen LogP contribution < -0.4 is 4.74 Å². The van der Waals surface area contributed by atoms with Crippen LogP contribution in [0.15, 0.2) is 24.3 Å². The smallest absolute Gasteiger partial charge is 0.340 e. The minimum Gasteiger partial charge on any atom is -0.508 e. The van der Waals surface area contributed by atoms with E-state index >= 15 is 0 Å². The Morgan fingerprint density at radius 3 is 2.32 bits per heavy atom. The number of phenolic OH excluding ortho intramolecular Hbond substituents is 1. The number of carbonyl (C=O) groups excluding carboxylic acids is 1. The Morgan fingerprint density at radius 2 is 1.79 bits per heavy atom. The van der Waals surface area contributed by atoms with Gasteiger partial charge in [-0.25, -0.2) is 4.79 Å². The highest BCUT2D eigenvalue weighted by atomic mass is 16.7. The highest BCUT2D eigenvalue weighted by Crippen LogP contribution is 2.26. The van der Waals surface area contributed by atoms with E-state index in [-0.39, 0.29) is 17.9 Å². The maximum Gasteiger partial charge on any atom is 0.340 e. The molecule has 0 aromatic heterocycles. The van der Waals surface area contributed by atoms with Crippen molar-refractivity contribution < 1.29 is 49.6 Å². The summed E-state index contributed by atoms with van der Waals surface area (Å²) in [7, 11) is 0. The number of aliphatic hydroxyl groups excluding tert-OH is 4. The highest BCUT2D eigenvalue weighted by Gasteiger charge is 2.47. The Bertz CT molecular complexity index is 648. The molecule has 10 heteroatoms. The number of ether oxygens (including phenoxy) is 3. The Hall–Kier alpha value is -1.95. The average molecular weight is 402 g/mol. The van der Waals surface area contributed by atoms with Gasteiger partial charge >= 0.3 is 5.97 Å². The van der Waals surface area contributed by atoms with E-state index in [9.17, 15) is 35.4 Å². The predicted octanol–water partition coefficient (Wildman–Crippen LogP) is -1.36. The van der Waals surface area contributed by atoms with Crippen LogP contribution >= 0.6 is 0 Å². The molecule has 0 aliphatic carbocycles. The van der Waals surface area contributed by atoms with E-state index in [1.165, 1.54) is 38.1 Å². The van der Waals surface area contributed by atoms with Gasteiger partial charge in [0.1, 0.15) is 42.5 Å². The molecule has 1 aromatic carbocycles. The monoisotopic (exact) mass is 402 g/mol. The van der Waals surface area contributed by atoms with Crippen molar-refractivity contribution in [1.29, 1.82) is 0 Å². The van der Waals surface area contributed by atoms with Crippen molar-refractivity contribution in [1.82, 2.24) is 0 Å². The molecule has 28 heavy (non-hydrogen) atoms. The van der Waals surface area contributed by atoms with Gasteiger partial charge in [0, 0.05) is 0 Å². The van der Waals surface area contributed by atoms with Crippen molar-refractivity contribution >= 4 is 5.97 Å². The molecule has 6 N–H and O–H groups in total. The van der Waals surface area contributed by atoms with Gasteiger partial charge in [-0.05, 0) is 37.6 Å². The van der Waals surface area contributed by atoms with Crippen LogP contribution in [0.2, 0.25) is 0 Å². The zero-order valence-electron chi connectivity index (χ0n) is 15.5. The van der Waals surface area contributed by atoms with Crippen LogP contribution in [0, 0.1) is 0 Å². The third-order valence-corrected chi connectivity index (χ3v) is 4.72. The molecular formula is C18H26O10. The van der Waals surface area contributed by atoms with Gasteiger partial charge in [-0.15, -0.1) is 0 Å². The molecule has 0 bridgehead atoms. The summed E-state index contributed by atoms with van der Waals surface area (Å²) in [6, 6.07) is 5.50. The average Bonchev–Trinajstić information content (AvgIpc) is 2.67. The molecule has 7 atom stereocenters. The van der Waals surface area contributed by atoms with E-state index < -0.39 is 55.0 Å². The number of carbonyl (C=O) groups is 1. The zero-order chi connectivity index (χ0) is 21.1. The molecule has 2 unspecified atom stereocenters. The van der Waals surface area contributed by atoms with E-state index in [2.05, 4.69) is 0 Å². The highest BCUT2D eigenvalue weighted by molar-refractivity contribution is 5.80. The van der Waals surface area contributed by atoms with Crippen LogP contribution in [0.4, 0.5) is 0 Å². The molecule has 0 spiro atoms.